The highest BCUT2D eigenvalue weighted by atomic mass is 16.6. The van der Waals surface area contributed by atoms with Gasteiger partial charge in [0.25, 0.3) is 0 Å². The Kier molecular flexibility index (Phi) is 11.5. The molecule has 0 aliphatic rings. The van der Waals surface area contributed by atoms with Gasteiger partial charge in [-0.1, -0.05) is 37.6 Å². The molecule has 0 radical (unpaired) electrons. The first-order valence-corrected chi connectivity index (χ1v) is 11.8. The number of amides is 4. The van der Waals surface area contributed by atoms with E-state index in [2.05, 4.69) is 17.2 Å². The Labute approximate surface area is 208 Å². The smallest absolute Gasteiger partial charge is 0.408 e. The number of unbranched alkanes of at least 4 members (excludes halogenated alkanes) is 1. The molecule has 0 heterocycles. The summed E-state index contributed by atoms with van der Waals surface area (Å²) in [4.78, 5) is 52.5. The van der Waals surface area contributed by atoms with Gasteiger partial charge in [-0.3, -0.25) is 14.4 Å². The number of nitrogens with zero attached hydrogens (tertiary/aromatic N) is 1. The molecule has 194 valence electrons. The molecule has 4 amide bonds. The first kappa shape index (κ1) is 29.7. The minimum Gasteiger partial charge on any atom is -0.444 e. The van der Waals surface area contributed by atoms with E-state index < -0.39 is 42.0 Å². The van der Waals surface area contributed by atoms with Gasteiger partial charge in [-0.05, 0) is 57.7 Å². The van der Waals surface area contributed by atoms with Crippen LogP contribution < -0.4 is 16.4 Å². The van der Waals surface area contributed by atoms with Crippen LogP contribution in [0.15, 0.2) is 30.9 Å². The van der Waals surface area contributed by atoms with Crippen LogP contribution in [-0.4, -0.2) is 53.4 Å². The van der Waals surface area contributed by atoms with Gasteiger partial charge in [-0.2, -0.15) is 0 Å². The van der Waals surface area contributed by atoms with Crippen molar-refractivity contribution in [1.29, 1.82) is 0 Å². The van der Waals surface area contributed by atoms with Crippen LogP contribution in [0.1, 0.15) is 69.7 Å². The molecule has 0 aliphatic carbocycles. The Morgan fingerprint density at radius 3 is 2.34 bits per heavy atom. The molecule has 0 saturated carbocycles. The fraction of sp³-hybridized carbons (Fsp3) is 0.538. The molecular weight excluding hydrogens is 448 g/mol. The van der Waals surface area contributed by atoms with Crippen LogP contribution in [0.25, 0.3) is 0 Å². The van der Waals surface area contributed by atoms with E-state index in [4.69, 9.17) is 10.5 Å². The third-order valence-electron chi connectivity index (χ3n) is 5.24. The number of nitrogens with one attached hydrogen (secondary N) is 2. The molecule has 9 heteroatoms. The molecule has 35 heavy (non-hydrogen) atoms. The Morgan fingerprint density at radius 1 is 1.17 bits per heavy atom. The molecule has 1 rings (SSSR count). The fourth-order valence-electron chi connectivity index (χ4n) is 3.41. The van der Waals surface area contributed by atoms with E-state index in [1.54, 1.807) is 26.8 Å². The average Bonchev–Trinajstić information content (AvgIpc) is 2.73. The SMILES string of the molecule is C=CCN(C(=O)C(CC(N)=O)NC(=O)OC(C)(C)C)C(C(=O)NCCCC)c1ccc(C)c(C)c1. The van der Waals surface area contributed by atoms with Crippen LogP contribution in [0.2, 0.25) is 0 Å². The van der Waals surface area contributed by atoms with Crippen molar-refractivity contribution in [3.63, 3.8) is 0 Å². The largest absolute Gasteiger partial charge is 0.444 e. The molecule has 0 aliphatic heterocycles. The molecule has 0 aromatic heterocycles. The molecule has 4 N–H and O–H groups in total. The Hall–Kier alpha value is -3.36. The van der Waals surface area contributed by atoms with Gasteiger partial charge in [0, 0.05) is 13.1 Å². The van der Waals surface area contributed by atoms with Crippen molar-refractivity contribution in [2.24, 2.45) is 5.73 Å². The average molecular weight is 489 g/mol. The molecule has 1 aromatic carbocycles. The monoisotopic (exact) mass is 488 g/mol. The minimum absolute atomic E-state index is 0.00286. The van der Waals surface area contributed by atoms with Gasteiger partial charge in [0.15, 0.2) is 0 Å². The van der Waals surface area contributed by atoms with Crippen LogP contribution in [-0.2, 0) is 19.1 Å². The predicted octanol–water partition coefficient (Wildman–Crippen LogP) is 3.04. The first-order valence-electron chi connectivity index (χ1n) is 11.8. The minimum atomic E-state index is -1.32. The first-order chi connectivity index (χ1) is 16.3. The summed E-state index contributed by atoms with van der Waals surface area (Å²) < 4.78 is 5.25. The maximum atomic E-state index is 13.7. The van der Waals surface area contributed by atoms with Crippen molar-refractivity contribution in [2.75, 3.05) is 13.1 Å². The van der Waals surface area contributed by atoms with Crippen LogP contribution in [0.5, 0.6) is 0 Å². The molecular formula is C26H40N4O5. The molecule has 0 saturated heterocycles. The van der Waals surface area contributed by atoms with Crippen molar-refractivity contribution < 1.29 is 23.9 Å². The zero-order valence-corrected chi connectivity index (χ0v) is 21.8. The van der Waals surface area contributed by atoms with Crippen molar-refractivity contribution in [1.82, 2.24) is 15.5 Å². The van der Waals surface area contributed by atoms with Crippen LogP contribution >= 0.6 is 0 Å². The van der Waals surface area contributed by atoms with Gasteiger partial charge >= 0.3 is 6.09 Å². The summed E-state index contributed by atoms with van der Waals surface area (Å²) in [5, 5.41) is 5.33. The highest BCUT2D eigenvalue weighted by Gasteiger charge is 2.36. The molecule has 9 nitrogen and oxygen atoms in total. The summed E-state index contributed by atoms with van der Waals surface area (Å²) in [6.45, 7) is 15.1. The van der Waals surface area contributed by atoms with E-state index >= 15 is 0 Å². The van der Waals surface area contributed by atoms with Gasteiger partial charge in [0.05, 0.1) is 6.42 Å². The highest BCUT2D eigenvalue weighted by Crippen LogP contribution is 2.25. The van der Waals surface area contributed by atoms with Gasteiger partial charge in [-0.15, -0.1) is 6.58 Å². The second-order valence-corrected chi connectivity index (χ2v) is 9.54. The van der Waals surface area contributed by atoms with Crippen LogP contribution in [0.4, 0.5) is 4.79 Å². The van der Waals surface area contributed by atoms with Crippen molar-refractivity contribution in [3.8, 4) is 0 Å². The predicted molar refractivity (Wildman–Crippen MR) is 135 cm³/mol. The summed E-state index contributed by atoms with van der Waals surface area (Å²) >= 11 is 0. The quantitative estimate of drug-likeness (QED) is 0.307. The van der Waals surface area contributed by atoms with E-state index in [0.717, 1.165) is 24.0 Å². The summed E-state index contributed by atoms with van der Waals surface area (Å²) in [5.41, 5.74) is 7.16. The number of nitrogens with two attached hydrogens (primary N) is 1. The van der Waals surface area contributed by atoms with Crippen LogP contribution in [0, 0.1) is 13.8 Å². The van der Waals surface area contributed by atoms with E-state index in [1.165, 1.54) is 11.0 Å². The van der Waals surface area contributed by atoms with Crippen LogP contribution in [0.3, 0.4) is 0 Å². The fourth-order valence-corrected chi connectivity index (χ4v) is 3.41. The summed E-state index contributed by atoms with van der Waals surface area (Å²) in [5.74, 6) is -1.80. The Bertz CT molecular complexity index is 923. The summed E-state index contributed by atoms with van der Waals surface area (Å²) in [6, 6.07) is 3.20. The number of alkyl carbamates (subject to hydrolysis) is 1. The van der Waals surface area contributed by atoms with E-state index in [1.807, 2.05) is 32.9 Å². The van der Waals surface area contributed by atoms with E-state index in [-0.39, 0.29) is 12.5 Å². The zero-order chi connectivity index (χ0) is 26.8. The lowest BCUT2D eigenvalue weighted by atomic mass is 9.98. The maximum absolute atomic E-state index is 13.7. The third kappa shape index (κ3) is 9.80. The van der Waals surface area contributed by atoms with E-state index in [0.29, 0.717) is 12.1 Å². The maximum Gasteiger partial charge on any atom is 0.408 e. The molecule has 2 unspecified atom stereocenters. The lowest BCUT2D eigenvalue weighted by molar-refractivity contribution is -0.142. The number of hydrogen-bond donors (Lipinski definition) is 3. The number of hydrogen-bond acceptors (Lipinski definition) is 5. The van der Waals surface area contributed by atoms with Gasteiger partial charge < -0.3 is 26.0 Å². The number of primary amides is 1. The number of rotatable bonds is 12. The second kappa shape index (κ2) is 13.5. The molecule has 1 aromatic rings. The number of benzene rings is 1. The molecule has 0 fully saturated rings. The highest BCUT2D eigenvalue weighted by molar-refractivity contribution is 5.94. The molecule has 0 spiro atoms. The summed E-state index contributed by atoms with van der Waals surface area (Å²) in [6.07, 6.45) is 1.84. The van der Waals surface area contributed by atoms with Crippen molar-refractivity contribution in [2.45, 2.75) is 78.5 Å². The Morgan fingerprint density at radius 2 is 1.83 bits per heavy atom. The summed E-state index contributed by atoms with van der Waals surface area (Å²) in [7, 11) is 0. The normalized spacial score (nSPS) is 12.7. The zero-order valence-electron chi connectivity index (χ0n) is 21.8. The topological polar surface area (TPSA) is 131 Å². The van der Waals surface area contributed by atoms with Gasteiger partial charge in [0.2, 0.25) is 17.7 Å². The van der Waals surface area contributed by atoms with Gasteiger partial charge in [-0.25, -0.2) is 4.79 Å². The lowest BCUT2D eigenvalue weighted by Crippen LogP contribution is -2.54. The standard InChI is InChI=1S/C26H40N4O5/c1-8-10-13-28-23(32)22(19-12-11-17(3)18(4)15-19)30(14-9-2)24(33)20(16-21(27)31)29-25(34)35-26(5,6)7/h9,11-12,15,20,22H,2,8,10,13-14,16H2,1,3-7H3,(H2,27,31)(H,28,32)(H,29,34). The van der Waals surface area contributed by atoms with E-state index in [9.17, 15) is 19.2 Å². The number of aryl methyl sites for hydroxylation is 2. The second-order valence-electron chi connectivity index (χ2n) is 9.54. The van der Waals surface area contributed by atoms with Crippen molar-refractivity contribution >= 4 is 23.8 Å². The van der Waals surface area contributed by atoms with Crippen molar-refractivity contribution in [3.05, 3.63) is 47.5 Å². The molecule has 2 atom stereocenters. The lowest BCUT2D eigenvalue weighted by Gasteiger charge is -2.33. The Balaban J connectivity index is 3.44. The third-order valence-corrected chi connectivity index (χ3v) is 5.24. The number of carbonyl (C=O) groups is 4. The number of carbonyl (C=O) groups excluding carboxylic acids is 4. The molecule has 0 bridgehead atoms. The van der Waals surface area contributed by atoms with Gasteiger partial charge in [0.1, 0.15) is 17.7 Å². The number of ether oxygens (including phenoxy) is 1.